The van der Waals surface area contributed by atoms with Gasteiger partial charge in [-0.15, -0.1) is 0 Å². The van der Waals surface area contributed by atoms with E-state index in [4.69, 9.17) is 9.47 Å². The molecule has 1 aliphatic carbocycles. The summed E-state index contributed by atoms with van der Waals surface area (Å²) in [5.41, 5.74) is 2.53. The molecule has 1 aromatic heterocycles. The topological polar surface area (TPSA) is 65.4 Å². The second-order valence-electron chi connectivity index (χ2n) is 7.65. The highest BCUT2D eigenvalue weighted by molar-refractivity contribution is 5.94. The maximum absolute atomic E-state index is 12.7. The predicted octanol–water partition coefficient (Wildman–Crippen LogP) is 4.69. The van der Waals surface area contributed by atoms with Crippen molar-refractivity contribution in [3.63, 3.8) is 0 Å². The molecular formula is C24H27N3O3. The van der Waals surface area contributed by atoms with Crippen LogP contribution in [0.3, 0.4) is 0 Å². The van der Waals surface area contributed by atoms with E-state index in [2.05, 4.69) is 10.3 Å². The van der Waals surface area contributed by atoms with Crippen LogP contribution in [0.2, 0.25) is 0 Å². The van der Waals surface area contributed by atoms with E-state index in [0.29, 0.717) is 11.3 Å². The number of hydrogen-bond acceptors (Lipinski definition) is 4. The summed E-state index contributed by atoms with van der Waals surface area (Å²) in [4.78, 5) is 16.7. The number of ether oxygens (including phenoxy) is 2. The lowest BCUT2D eigenvalue weighted by Crippen LogP contribution is -2.26. The summed E-state index contributed by atoms with van der Waals surface area (Å²) >= 11 is 0. The van der Waals surface area contributed by atoms with E-state index in [-0.39, 0.29) is 18.1 Å². The molecule has 0 bridgehead atoms. The summed E-state index contributed by atoms with van der Waals surface area (Å²) < 4.78 is 13.5. The smallest absolute Gasteiger partial charge is 0.251 e. The number of rotatable bonds is 7. The molecule has 1 heterocycles. The molecule has 1 N–H and O–H groups in total. The standard InChI is InChI=1S/C24H27N3O3/c1-17(19-9-12-22(23(15-19)29-2)30-21-5-3-4-6-21)26-24(28)18-7-10-20(11-8-18)27-14-13-25-16-27/h7-17,21H,3-6H2,1-2H3,(H,26,28). The van der Waals surface area contributed by atoms with Gasteiger partial charge in [-0.1, -0.05) is 6.07 Å². The second kappa shape index (κ2) is 9.03. The summed E-state index contributed by atoms with van der Waals surface area (Å²) in [6.45, 7) is 1.96. The first kappa shape index (κ1) is 20.0. The van der Waals surface area contributed by atoms with Gasteiger partial charge in [0.05, 0.1) is 25.6 Å². The highest BCUT2D eigenvalue weighted by Crippen LogP contribution is 2.33. The molecule has 6 nitrogen and oxygen atoms in total. The Labute approximate surface area is 176 Å². The monoisotopic (exact) mass is 405 g/mol. The number of hydrogen-bond donors (Lipinski definition) is 1. The summed E-state index contributed by atoms with van der Waals surface area (Å²) in [6, 6.07) is 13.1. The molecule has 156 valence electrons. The zero-order valence-electron chi connectivity index (χ0n) is 17.4. The Morgan fingerprint density at radius 1 is 1.13 bits per heavy atom. The van der Waals surface area contributed by atoms with Crippen LogP contribution in [0, 0.1) is 0 Å². The number of benzene rings is 2. The molecule has 0 spiro atoms. The first-order valence-electron chi connectivity index (χ1n) is 10.4. The lowest BCUT2D eigenvalue weighted by molar-refractivity contribution is 0.0940. The van der Waals surface area contributed by atoms with Gasteiger partial charge in [-0.05, 0) is 74.6 Å². The largest absolute Gasteiger partial charge is 0.493 e. The molecule has 6 heteroatoms. The van der Waals surface area contributed by atoms with Gasteiger partial charge in [0.1, 0.15) is 0 Å². The fourth-order valence-electron chi connectivity index (χ4n) is 3.80. The van der Waals surface area contributed by atoms with Crippen LogP contribution in [0.25, 0.3) is 5.69 Å². The van der Waals surface area contributed by atoms with E-state index >= 15 is 0 Å². The number of carbonyl (C=O) groups is 1. The minimum absolute atomic E-state index is 0.120. The highest BCUT2D eigenvalue weighted by Gasteiger charge is 2.19. The first-order valence-corrected chi connectivity index (χ1v) is 10.4. The fourth-order valence-corrected chi connectivity index (χ4v) is 3.80. The molecule has 1 unspecified atom stereocenters. The summed E-state index contributed by atoms with van der Waals surface area (Å²) in [5.74, 6) is 1.34. The number of nitrogens with zero attached hydrogens (tertiary/aromatic N) is 2. The predicted molar refractivity (Wildman–Crippen MR) is 115 cm³/mol. The quantitative estimate of drug-likeness (QED) is 0.619. The Morgan fingerprint density at radius 3 is 2.57 bits per heavy atom. The van der Waals surface area contributed by atoms with Gasteiger partial charge < -0.3 is 19.4 Å². The average molecular weight is 405 g/mol. The van der Waals surface area contributed by atoms with Gasteiger partial charge in [-0.2, -0.15) is 0 Å². The molecule has 4 rings (SSSR count). The highest BCUT2D eigenvalue weighted by atomic mass is 16.5. The van der Waals surface area contributed by atoms with Crippen LogP contribution in [0.1, 0.15) is 54.6 Å². The van der Waals surface area contributed by atoms with Crippen LogP contribution in [0.15, 0.2) is 61.2 Å². The van der Waals surface area contributed by atoms with Crippen LogP contribution in [-0.2, 0) is 0 Å². The Hall–Kier alpha value is -3.28. The van der Waals surface area contributed by atoms with Gasteiger partial charge in [0.15, 0.2) is 11.5 Å². The van der Waals surface area contributed by atoms with Gasteiger partial charge >= 0.3 is 0 Å². The number of nitrogens with one attached hydrogen (secondary N) is 1. The third-order valence-electron chi connectivity index (χ3n) is 5.56. The number of methoxy groups -OCH3 is 1. The van der Waals surface area contributed by atoms with E-state index in [1.165, 1.54) is 12.8 Å². The van der Waals surface area contributed by atoms with E-state index in [1.54, 1.807) is 19.6 Å². The van der Waals surface area contributed by atoms with E-state index in [1.807, 2.05) is 60.2 Å². The van der Waals surface area contributed by atoms with E-state index in [0.717, 1.165) is 29.8 Å². The molecule has 1 fully saturated rings. The molecule has 1 saturated carbocycles. The Balaban J connectivity index is 1.42. The van der Waals surface area contributed by atoms with Gasteiger partial charge in [0.2, 0.25) is 0 Å². The van der Waals surface area contributed by atoms with Crippen molar-refractivity contribution >= 4 is 5.91 Å². The van der Waals surface area contributed by atoms with Crippen molar-refractivity contribution in [1.29, 1.82) is 0 Å². The lowest BCUT2D eigenvalue weighted by atomic mass is 10.1. The summed E-state index contributed by atoms with van der Waals surface area (Å²) in [5, 5.41) is 3.06. The first-order chi connectivity index (χ1) is 14.6. The SMILES string of the molecule is COc1cc(C(C)NC(=O)c2ccc(-n3ccnc3)cc2)ccc1OC1CCCC1. The number of amides is 1. The Kier molecular flexibility index (Phi) is 6.02. The maximum atomic E-state index is 12.7. The van der Waals surface area contributed by atoms with Crippen molar-refractivity contribution < 1.29 is 14.3 Å². The van der Waals surface area contributed by atoms with Gasteiger partial charge in [-0.25, -0.2) is 4.98 Å². The van der Waals surface area contributed by atoms with Crippen LogP contribution in [0.4, 0.5) is 0 Å². The summed E-state index contributed by atoms with van der Waals surface area (Å²) in [7, 11) is 1.64. The van der Waals surface area contributed by atoms with Gasteiger partial charge in [-0.3, -0.25) is 4.79 Å². The molecule has 1 atom stereocenters. The summed E-state index contributed by atoms with van der Waals surface area (Å²) in [6.07, 6.45) is 10.2. The number of aromatic nitrogens is 2. The van der Waals surface area contributed by atoms with Crippen molar-refractivity contribution in [3.05, 3.63) is 72.3 Å². The Morgan fingerprint density at radius 2 is 1.90 bits per heavy atom. The van der Waals surface area contributed by atoms with Gasteiger partial charge in [0.25, 0.3) is 5.91 Å². The maximum Gasteiger partial charge on any atom is 0.251 e. The van der Waals surface area contributed by atoms with Crippen molar-refractivity contribution in [2.75, 3.05) is 7.11 Å². The molecule has 1 aliphatic rings. The van der Waals surface area contributed by atoms with Gasteiger partial charge in [0, 0.05) is 23.6 Å². The fraction of sp³-hybridized carbons (Fsp3) is 0.333. The second-order valence-corrected chi connectivity index (χ2v) is 7.65. The molecule has 1 amide bonds. The number of carbonyl (C=O) groups excluding carboxylic acids is 1. The molecular weight excluding hydrogens is 378 g/mol. The zero-order valence-corrected chi connectivity index (χ0v) is 17.4. The molecule has 0 aliphatic heterocycles. The molecule has 2 aromatic carbocycles. The zero-order chi connectivity index (χ0) is 20.9. The normalized spacial score (nSPS) is 15.0. The van der Waals surface area contributed by atoms with Crippen LogP contribution in [-0.4, -0.2) is 28.7 Å². The van der Waals surface area contributed by atoms with E-state index in [9.17, 15) is 4.79 Å². The van der Waals surface area contributed by atoms with Crippen LogP contribution in [0.5, 0.6) is 11.5 Å². The van der Waals surface area contributed by atoms with Crippen LogP contribution < -0.4 is 14.8 Å². The van der Waals surface area contributed by atoms with E-state index < -0.39 is 0 Å². The minimum Gasteiger partial charge on any atom is -0.493 e. The van der Waals surface area contributed by atoms with Crippen molar-refractivity contribution in [1.82, 2.24) is 14.9 Å². The number of imidazole rings is 1. The lowest BCUT2D eigenvalue weighted by Gasteiger charge is -2.19. The van der Waals surface area contributed by atoms with Crippen molar-refractivity contribution in [2.24, 2.45) is 0 Å². The van der Waals surface area contributed by atoms with Crippen molar-refractivity contribution in [2.45, 2.75) is 44.8 Å². The molecule has 0 saturated heterocycles. The molecule has 0 radical (unpaired) electrons. The van der Waals surface area contributed by atoms with Crippen LogP contribution >= 0.6 is 0 Å². The van der Waals surface area contributed by atoms with Crippen molar-refractivity contribution in [3.8, 4) is 17.2 Å². The third kappa shape index (κ3) is 4.48. The minimum atomic E-state index is -0.166. The molecule has 30 heavy (non-hydrogen) atoms. The average Bonchev–Trinajstić information content (AvgIpc) is 3.48. The third-order valence-corrected chi connectivity index (χ3v) is 5.56. The Bertz CT molecular complexity index is 977. The molecule has 3 aromatic rings.